The number of ether oxygens (including phenoxy) is 2. The summed E-state index contributed by atoms with van der Waals surface area (Å²) >= 11 is 0. The fraction of sp³-hybridized carbons (Fsp3) is 0.389. The van der Waals surface area contributed by atoms with Gasteiger partial charge in [-0.3, -0.25) is 9.88 Å². The Labute approximate surface area is 137 Å². The number of aryl methyl sites for hydroxylation is 1. The number of nitrogens with zero attached hydrogens (tertiary/aromatic N) is 2. The first-order valence-corrected chi connectivity index (χ1v) is 7.62. The molecule has 0 saturated carbocycles. The smallest absolute Gasteiger partial charge is 0.127 e. The van der Waals surface area contributed by atoms with Crippen LogP contribution in [0.4, 0.5) is 0 Å². The molecule has 0 radical (unpaired) electrons. The molecule has 1 N–H and O–H groups in total. The van der Waals surface area contributed by atoms with Gasteiger partial charge in [-0.1, -0.05) is 12.1 Å². The van der Waals surface area contributed by atoms with E-state index in [0.717, 1.165) is 28.3 Å². The van der Waals surface area contributed by atoms with Crippen LogP contribution in [0, 0.1) is 6.92 Å². The molecule has 0 atom stereocenters. The molecular weight excluding hydrogens is 292 g/mol. The molecule has 0 saturated heterocycles. The van der Waals surface area contributed by atoms with Crippen molar-refractivity contribution in [1.29, 1.82) is 0 Å². The molecule has 0 amide bonds. The molecule has 23 heavy (non-hydrogen) atoms. The van der Waals surface area contributed by atoms with Crippen molar-refractivity contribution in [3.05, 3.63) is 53.3 Å². The van der Waals surface area contributed by atoms with Crippen molar-refractivity contribution >= 4 is 0 Å². The maximum absolute atomic E-state index is 9.36. The van der Waals surface area contributed by atoms with E-state index < -0.39 is 0 Å². The minimum Gasteiger partial charge on any atom is -0.497 e. The highest BCUT2D eigenvalue weighted by Gasteiger charge is 2.13. The first-order valence-electron chi connectivity index (χ1n) is 7.62. The van der Waals surface area contributed by atoms with Gasteiger partial charge in [-0.2, -0.15) is 0 Å². The quantitative estimate of drug-likeness (QED) is 0.810. The summed E-state index contributed by atoms with van der Waals surface area (Å²) in [4.78, 5) is 6.59. The predicted molar refractivity (Wildman–Crippen MR) is 89.7 cm³/mol. The van der Waals surface area contributed by atoms with Gasteiger partial charge >= 0.3 is 0 Å². The minimum atomic E-state index is 0.102. The summed E-state index contributed by atoms with van der Waals surface area (Å²) in [5, 5.41) is 9.36. The van der Waals surface area contributed by atoms with Crippen LogP contribution in [0.25, 0.3) is 0 Å². The third kappa shape index (κ3) is 4.68. The molecule has 2 rings (SSSR count). The first-order chi connectivity index (χ1) is 11.2. The van der Waals surface area contributed by atoms with Crippen LogP contribution in [0.15, 0.2) is 36.5 Å². The molecule has 1 aromatic carbocycles. The number of aliphatic hydroxyl groups excluding tert-OH is 1. The second kappa shape index (κ2) is 8.50. The Kier molecular flexibility index (Phi) is 6.38. The van der Waals surface area contributed by atoms with Gasteiger partial charge in [0.05, 0.1) is 26.5 Å². The SMILES string of the molecule is COc1ccc(CN(CCO)Cc2ncccc2C)c(OC)c1. The first kappa shape index (κ1) is 17.2. The van der Waals surface area contributed by atoms with Crippen LogP contribution >= 0.6 is 0 Å². The van der Waals surface area contributed by atoms with Gasteiger partial charge in [-0.25, -0.2) is 0 Å². The lowest BCUT2D eigenvalue weighted by Gasteiger charge is -2.23. The van der Waals surface area contributed by atoms with E-state index in [-0.39, 0.29) is 6.61 Å². The van der Waals surface area contributed by atoms with E-state index in [2.05, 4.69) is 9.88 Å². The summed E-state index contributed by atoms with van der Waals surface area (Å²) in [5.41, 5.74) is 3.22. The van der Waals surface area contributed by atoms with Gasteiger partial charge < -0.3 is 14.6 Å². The van der Waals surface area contributed by atoms with E-state index in [0.29, 0.717) is 19.6 Å². The molecule has 0 aliphatic rings. The van der Waals surface area contributed by atoms with E-state index in [4.69, 9.17) is 9.47 Å². The predicted octanol–water partition coefficient (Wildman–Crippen LogP) is 2.40. The van der Waals surface area contributed by atoms with Crippen LogP contribution in [0.5, 0.6) is 11.5 Å². The summed E-state index contributed by atoms with van der Waals surface area (Å²) in [6.45, 7) is 4.08. The molecule has 0 aliphatic carbocycles. The largest absolute Gasteiger partial charge is 0.497 e. The molecule has 0 unspecified atom stereocenters. The van der Waals surface area contributed by atoms with Crippen molar-refractivity contribution in [2.45, 2.75) is 20.0 Å². The van der Waals surface area contributed by atoms with Crippen LogP contribution in [-0.2, 0) is 13.1 Å². The average molecular weight is 316 g/mol. The topological polar surface area (TPSA) is 54.8 Å². The fourth-order valence-electron chi connectivity index (χ4n) is 2.47. The molecule has 1 aromatic heterocycles. The van der Waals surface area contributed by atoms with E-state index in [1.54, 1.807) is 20.4 Å². The maximum Gasteiger partial charge on any atom is 0.127 e. The molecule has 124 valence electrons. The lowest BCUT2D eigenvalue weighted by atomic mass is 10.1. The normalized spacial score (nSPS) is 10.8. The number of hydrogen-bond donors (Lipinski definition) is 1. The van der Waals surface area contributed by atoms with Crippen molar-refractivity contribution in [2.24, 2.45) is 0 Å². The van der Waals surface area contributed by atoms with Gasteiger partial charge in [0.15, 0.2) is 0 Å². The molecule has 0 fully saturated rings. The number of aromatic nitrogens is 1. The number of methoxy groups -OCH3 is 2. The zero-order valence-corrected chi connectivity index (χ0v) is 14.0. The highest BCUT2D eigenvalue weighted by Crippen LogP contribution is 2.26. The van der Waals surface area contributed by atoms with Crippen molar-refractivity contribution in [1.82, 2.24) is 9.88 Å². The summed E-state index contributed by atoms with van der Waals surface area (Å²) in [7, 11) is 3.29. The van der Waals surface area contributed by atoms with Crippen LogP contribution in [0.1, 0.15) is 16.8 Å². The fourth-order valence-corrected chi connectivity index (χ4v) is 2.47. The molecule has 1 heterocycles. The van der Waals surface area contributed by atoms with Gasteiger partial charge in [0.25, 0.3) is 0 Å². The Morgan fingerprint density at radius 2 is 1.96 bits per heavy atom. The van der Waals surface area contributed by atoms with Gasteiger partial charge in [0.1, 0.15) is 11.5 Å². The molecular formula is C18H24N2O3. The zero-order valence-electron chi connectivity index (χ0n) is 14.0. The Balaban J connectivity index is 2.17. The number of pyridine rings is 1. The van der Waals surface area contributed by atoms with Crippen molar-refractivity contribution < 1.29 is 14.6 Å². The van der Waals surface area contributed by atoms with Crippen molar-refractivity contribution in [2.75, 3.05) is 27.4 Å². The zero-order chi connectivity index (χ0) is 16.7. The Bertz CT molecular complexity index is 631. The lowest BCUT2D eigenvalue weighted by Crippen LogP contribution is -2.27. The van der Waals surface area contributed by atoms with Crippen LogP contribution in [0.3, 0.4) is 0 Å². The summed E-state index contributed by atoms with van der Waals surface area (Å²) < 4.78 is 10.7. The van der Waals surface area contributed by atoms with E-state index in [9.17, 15) is 5.11 Å². The summed E-state index contributed by atoms with van der Waals surface area (Å²) in [6.07, 6.45) is 1.80. The lowest BCUT2D eigenvalue weighted by molar-refractivity contribution is 0.181. The van der Waals surface area contributed by atoms with Crippen molar-refractivity contribution in [3.63, 3.8) is 0 Å². The highest BCUT2D eigenvalue weighted by atomic mass is 16.5. The van der Waals surface area contributed by atoms with Crippen molar-refractivity contribution in [3.8, 4) is 11.5 Å². The van der Waals surface area contributed by atoms with Crippen LogP contribution < -0.4 is 9.47 Å². The molecule has 0 spiro atoms. The second-order valence-corrected chi connectivity index (χ2v) is 5.38. The second-order valence-electron chi connectivity index (χ2n) is 5.38. The monoisotopic (exact) mass is 316 g/mol. The molecule has 0 bridgehead atoms. The standard InChI is InChI=1S/C18H24N2O3/c1-14-5-4-8-19-17(14)13-20(9-10-21)12-15-6-7-16(22-2)11-18(15)23-3/h4-8,11,21H,9-10,12-13H2,1-3H3. The summed E-state index contributed by atoms with van der Waals surface area (Å²) in [5.74, 6) is 1.55. The van der Waals surface area contributed by atoms with E-state index >= 15 is 0 Å². The molecule has 5 nitrogen and oxygen atoms in total. The third-order valence-corrected chi connectivity index (χ3v) is 3.80. The molecule has 5 heteroatoms. The van der Waals surface area contributed by atoms with Crippen LogP contribution in [0.2, 0.25) is 0 Å². The van der Waals surface area contributed by atoms with Gasteiger partial charge in [0, 0.05) is 37.5 Å². The number of hydrogen-bond acceptors (Lipinski definition) is 5. The van der Waals surface area contributed by atoms with Gasteiger partial charge in [-0.15, -0.1) is 0 Å². The Hall–Kier alpha value is -2.11. The van der Waals surface area contributed by atoms with E-state index in [1.165, 1.54) is 0 Å². The van der Waals surface area contributed by atoms with Gasteiger partial charge in [0.2, 0.25) is 0 Å². The highest BCUT2D eigenvalue weighted by molar-refractivity contribution is 5.40. The number of aliphatic hydroxyl groups is 1. The number of rotatable bonds is 8. The third-order valence-electron chi connectivity index (χ3n) is 3.80. The molecule has 2 aromatic rings. The van der Waals surface area contributed by atoms with Crippen LogP contribution in [-0.4, -0.2) is 42.4 Å². The van der Waals surface area contributed by atoms with E-state index in [1.807, 2.05) is 37.3 Å². The Morgan fingerprint density at radius 1 is 1.13 bits per heavy atom. The average Bonchev–Trinajstić information content (AvgIpc) is 2.57. The summed E-state index contributed by atoms with van der Waals surface area (Å²) in [6, 6.07) is 9.77. The Morgan fingerprint density at radius 3 is 2.61 bits per heavy atom. The maximum atomic E-state index is 9.36. The van der Waals surface area contributed by atoms with Gasteiger partial charge in [-0.05, 0) is 24.6 Å². The number of benzene rings is 1. The minimum absolute atomic E-state index is 0.102. The molecule has 0 aliphatic heterocycles.